The Hall–Kier alpha value is -1.06. The van der Waals surface area contributed by atoms with E-state index in [4.69, 9.17) is 10.2 Å². The summed E-state index contributed by atoms with van der Waals surface area (Å²) in [6.07, 6.45) is 15.6. The van der Waals surface area contributed by atoms with Crippen molar-refractivity contribution < 1.29 is 19.8 Å². The lowest BCUT2D eigenvalue weighted by atomic mass is 9.71. The molecule has 0 saturated carbocycles. The van der Waals surface area contributed by atoms with Crippen molar-refractivity contribution >= 4 is 11.9 Å². The van der Waals surface area contributed by atoms with Crippen LogP contribution in [-0.4, -0.2) is 22.2 Å². The van der Waals surface area contributed by atoms with Crippen molar-refractivity contribution in [3.8, 4) is 0 Å². The molecule has 0 bridgehead atoms. The highest BCUT2D eigenvalue weighted by Gasteiger charge is 2.28. The number of carbonyl (C=O) groups is 2. The highest BCUT2D eigenvalue weighted by Crippen LogP contribution is 2.41. The predicted octanol–water partition coefficient (Wildman–Crippen LogP) is 6.28. The molecular weight excluding hydrogens is 316 g/mol. The molecule has 0 amide bonds. The fourth-order valence-corrected chi connectivity index (χ4v) is 3.78. The zero-order valence-electron chi connectivity index (χ0n) is 16.7. The largest absolute Gasteiger partial charge is 0.481 e. The first-order valence-corrected chi connectivity index (χ1v) is 10.4. The van der Waals surface area contributed by atoms with Gasteiger partial charge in [-0.1, -0.05) is 78.6 Å². The average molecular weight is 357 g/mol. The molecule has 0 aromatic heterocycles. The van der Waals surface area contributed by atoms with E-state index in [2.05, 4.69) is 20.8 Å². The summed E-state index contributed by atoms with van der Waals surface area (Å²) in [6.45, 7) is 6.76. The first-order valence-electron chi connectivity index (χ1n) is 10.4. The topological polar surface area (TPSA) is 74.6 Å². The van der Waals surface area contributed by atoms with Gasteiger partial charge in [0.2, 0.25) is 0 Å². The van der Waals surface area contributed by atoms with E-state index in [1.54, 1.807) is 0 Å². The van der Waals surface area contributed by atoms with Crippen LogP contribution in [0.1, 0.15) is 111 Å². The van der Waals surface area contributed by atoms with Crippen molar-refractivity contribution in [3.63, 3.8) is 0 Å². The van der Waals surface area contributed by atoms with E-state index < -0.39 is 17.9 Å². The first kappa shape index (κ1) is 23.9. The van der Waals surface area contributed by atoms with Gasteiger partial charge in [-0.2, -0.15) is 0 Å². The fraction of sp³-hybridized carbons (Fsp3) is 0.905. The second kappa shape index (κ2) is 14.1. The normalized spacial score (nSPS) is 11.8. The van der Waals surface area contributed by atoms with Crippen LogP contribution in [0.25, 0.3) is 0 Å². The maximum absolute atomic E-state index is 10.9. The fourth-order valence-electron chi connectivity index (χ4n) is 3.78. The van der Waals surface area contributed by atoms with Crippen molar-refractivity contribution in [1.82, 2.24) is 0 Å². The third-order valence-corrected chi connectivity index (χ3v) is 5.48. The molecule has 0 rings (SSSR count). The zero-order chi connectivity index (χ0) is 19.1. The van der Waals surface area contributed by atoms with Gasteiger partial charge in [0.15, 0.2) is 5.92 Å². The molecule has 0 radical (unpaired) electrons. The van der Waals surface area contributed by atoms with E-state index in [1.807, 2.05) is 0 Å². The molecule has 0 aliphatic carbocycles. The summed E-state index contributed by atoms with van der Waals surface area (Å²) >= 11 is 0. The van der Waals surface area contributed by atoms with Crippen molar-refractivity contribution in [2.75, 3.05) is 0 Å². The van der Waals surface area contributed by atoms with Gasteiger partial charge in [0.05, 0.1) is 0 Å². The van der Waals surface area contributed by atoms with Gasteiger partial charge in [-0.15, -0.1) is 0 Å². The van der Waals surface area contributed by atoms with Gasteiger partial charge >= 0.3 is 11.9 Å². The highest BCUT2D eigenvalue weighted by atomic mass is 16.4. The molecule has 0 saturated heterocycles. The Morgan fingerprint density at radius 2 is 1.08 bits per heavy atom. The van der Waals surface area contributed by atoms with Crippen LogP contribution in [0.15, 0.2) is 0 Å². The van der Waals surface area contributed by atoms with Gasteiger partial charge in [-0.3, -0.25) is 9.59 Å². The molecule has 0 aromatic rings. The van der Waals surface area contributed by atoms with Crippen molar-refractivity contribution in [2.45, 2.75) is 111 Å². The number of aliphatic carboxylic acids is 2. The predicted molar refractivity (Wildman–Crippen MR) is 103 cm³/mol. The Morgan fingerprint density at radius 3 is 1.44 bits per heavy atom. The second-order valence-electron chi connectivity index (χ2n) is 7.64. The van der Waals surface area contributed by atoms with Gasteiger partial charge in [-0.25, -0.2) is 0 Å². The highest BCUT2D eigenvalue weighted by molar-refractivity contribution is 5.92. The van der Waals surface area contributed by atoms with Crippen LogP contribution >= 0.6 is 0 Å². The summed E-state index contributed by atoms with van der Waals surface area (Å²) in [6, 6.07) is 0. The minimum Gasteiger partial charge on any atom is -0.481 e. The third-order valence-electron chi connectivity index (χ3n) is 5.48. The molecule has 0 atom stereocenters. The van der Waals surface area contributed by atoms with Crippen molar-refractivity contribution in [1.29, 1.82) is 0 Å². The zero-order valence-corrected chi connectivity index (χ0v) is 16.7. The lowest BCUT2D eigenvalue weighted by Crippen LogP contribution is -2.23. The molecule has 0 heterocycles. The molecule has 0 spiro atoms. The molecule has 4 heteroatoms. The van der Waals surface area contributed by atoms with E-state index in [1.165, 1.54) is 64.2 Å². The summed E-state index contributed by atoms with van der Waals surface area (Å²) in [5.41, 5.74) is 0.445. The van der Waals surface area contributed by atoms with E-state index in [9.17, 15) is 9.59 Å². The summed E-state index contributed by atoms with van der Waals surface area (Å²) in [5, 5.41) is 17.9. The summed E-state index contributed by atoms with van der Waals surface area (Å²) in [4.78, 5) is 21.9. The minimum absolute atomic E-state index is 0.247. The van der Waals surface area contributed by atoms with Gasteiger partial charge in [0, 0.05) is 0 Å². The number of hydrogen-bond acceptors (Lipinski definition) is 2. The van der Waals surface area contributed by atoms with Crippen molar-refractivity contribution in [3.05, 3.63) is 0 Å². The van der Waals surface area contributed by atoms with Gasteiger partial charge in [-0.05, 0) is 37.5 Å². The standard InChI is InChI=1S/C21H40O4/c1-4-7-14-21(15-8-5-2,16-9-6-3)17-12-10-11-13-18(19(22)23)20(24)25/h18H,4-17H2,1-3H3,(H,22,23)(H,24,25). The quantitative estimate of drug-likeness (QED) is 0.237. The van der Waals surface area contributed by atoms with Crippen LogP contribution in [-0.2, 0) is 9.59 Å². The lowest BCUT2D eigenvalue weighted by Gasteiger charge is -2.35. The van der Waals surface area contributed by atoms with Crippen LogP contribution in [0, 0.1) is 11.3 Å². The van der Waals surface area contributed by atoms with E-state index >= 15 is 0 Å². The molecular formula is C21H40O4. The molecule has 25 heavy (non-hydrogen) atoms. The summed E-state index contributed by atoms with van der Waals surface area (Å²) < 4.78 is 0. The van der Waals surface area contributed by atoms with Crippen LogP contribution in [0.2, 0.25) is 0 Å². The maximum Gasteiger partial charge on any atom is 0.317 e. The molecule has 0 aliphatic rings. The molecule has 2 N–H and O–H groups in total. The number of hydrogen-bond donors (Lipinski definition) is 2. The molecule has 0 unspecified atom stereocenters. The SMILES string of the molecule is CCCCC(CCCC)(CCCC)CCCCCC(C(=O)O)C(=O)O. The number of carboxylic acids is 2. The Labute approximate surface area is 154 Å². The van der Waals surface area contributed by atoms with Crippen LogP contribution in [0.5, 0.6) is 0 Å². The Bertz CT molecular complexity index is 329. The molecule has 0 fully saturated rings. The number of carboxylic acid groups (broad SMARTS) is 2. The van der Waals surface area contributed by atoms with E-state index in [0.717, 1.165) is 12.8 Å². The first-order chi connectivity index (χ1) is 11.9. The summed E-state index contributed by atoms with van der Waals surface area (Å²) in [5.74, 6) is -3.67. The Kier molecular flexibility index (Phi) is 13.5. The number of rotatable bonds is 17. The van der Waals surface area contributed by atoms with Gasteiger partial charge in [0.1, 0.15) is 0 Å². The molecule has 148 valence electrons. The molecule has 4 nitrogen and oxygen atoms in total. The lowest BCUT2D eigenvalue weighted by molar-refractivity contribution is -0.154. The number of unbranched alkanes of at least 4 members (excludes halogenated alkanes) is 5. The smallest absolute Gasteiger partial charge is 0.317 e. The van der Waals surface area contributed by atoms with Gasteiger partial charge in [0.25, 0.3) is 0 Å². The monoisotopic (exact) mass is 356 g/mol. The van der Waals surface area contributed by atoms with E-state index in [0.29, 0.717) is 11.8 Å². The van der Waals surface area contributed by atoms with Crippen LogP contribution in [0.3, 0.4) is 0 Å². The Morgan fingerprint density at radius 1 is 0.680 bits per heavy atom. The second-order valence-corrected chi connectivity index (χ2v) is 7.64. The maximum atomic E-state index is 10.9. The minimum atomic E-state index is -1.25. The Balaban J connectivity index is 4.51. The van der Waals surface area contributed by atoms with Crippen molar-refractivity contribution in [2.24, 2.45) is 11.3 Å². The van der Waals surface area contributed by atoms with Crippen LogP contribution < -0.4 is 0 Å². The average Bonchev–Trinajstić information content (AvgIpc) is 2.58. The van der Waals surface area contributed by atoms with Crippen LogP contribution in [0.4, 0.5) is 0 Å². The summed E-state index contributed by atoms with van der Waals surface area (Å²) in [7, 11) is 0. The molecule has 0 aliphatic heterocycles. The van der Waals surface area contributed by atoms with E-state index in [-0.39, 0.29) is 6.42 Å². The third kappa shape index (κ3) is 10.5. The molecule has 0 aromatic carbocycles. The van der Waals surface area contributed by atoms with Gasteiger partial charge < -0.3 is 10.2 Å².